The van der Waals surface area contributed by atoms with Crippen molar-refractivity contribution in [2.45, 2.75) is 19.9 Å². The van der Waals surface area contributed by atoms with Gasteiger partial charge in [0.05, 0.1) is 11.7 Å². The second kappa shape index (κ2) is 5.55. The molecule has 0 spiro atoms. The highest BCUT2D eigenvalue weighted by molar-refractivity contribution is 6.30. The van der Waals surface area contributed by atoms with E-state index in [0.717, 1.165) is 17.3 Å². The van der Waals surface area contributed by atoms with Crippen molar-refractivity contribution in [3.05, 3.63) is 52.3 Å². The van der Waals surface area contributed by atoms with Gasteiger partial charge < -0.3 is 5.32 Å². The second-order valence-corrected chi connectivity index (χ2v) is 4.81. The van der Waals surface area contributed by atoms with Crippen LogP contribution in [0.5, 0.6) is 0 Å². The number of aryl methyl sites for hydroxylation is 2. The fourth-order valence-electron chi connectivity index (χ4n) is 2.21. The number of aromatic nitrogens is 2. The highest BCUT2D eigenvalue weighted by atomic mass is 35.5. The molecule has 0 bridgehead atoms. The van der Waals surface area contributed by atoms with Crippen molar-refractivity contribution in [3.8, 4) is 0 Å². The predicted octanol–water partition coefficient (Wildman–Crippen LogP) is 3.08. The Kier molecular flexibility index (Phi) is 4.04. The molecule has 1 N–H and O–H groups in total. The van der Waals surface area contributed by atoms with Gasteiger partial charge in [0, 0.05) is 18.3 Å². The zero-order valence-corrected chi connectivity index (χ0v) is 11.7. The van der Waals surface area contributed by atoms with Crippen LogP contribution in [0, 0.1) is 6.92 Å². The van der Waals surface area contributed by atoms with E-state index < -0.39 is 0 Å². The summed E-state index contributed by atoms with van der Waals surface area (Å²) in [6, 6.07) is 8.21. The first-order valence-corrected chi connectivity index (χ1v) is 6.48. The van der Waals surface area contributed by atoms with Gasteiger partial charge in [0.25, 0.3) is 0 Å². The third-order valence-electron chi connectivity index (χ3n) is 3.11. The minimum absolute atomic E-state index is 0.153. The zero-order chi connectivity index (χ0) is 13.1. The van der Waals surface area contributed by atoms with Crippen LogP contribution in [0.25, 0.3) is 0 Å². The lowest BCUT2D eigenvalue weighted by Crippen LogP contribution is -2.25. The normalized spacial score (nSPS) is 12.7. The molecule has 0 aliphatic heterocycles. The van der Waals surface area contributed by atoms with Crippen molar-refractivity contribution in [1.29, 1.82) is 0 Å². The zero-order valence-electron chi connectivity index (χ0n) is 10.9. The van der Waals surface area contributed by atoms with Crippen LogP contribution in [0.1, 0.15) is 29.8 Å². The Labute approximate surface area is 113 Å². The Morgan fingerprint density at radius 1 is 1.39 bits per heavy atom. The largest absolute Gasteiger partial charge is 0.305 e. The number of hydrogen-bond acceptors (Lipinski definition) is 2. The van der Waals surface area contributed by atoms with Gasteiger partial charge in [0.2, 0.25) is 0 Å². The van der Waals surface area contributed by atoms with Crippen LogP contribution in [-0.4, -0.2) is 16.3 Å². The summed E-state index contributed by atoms with van der Waals surface area (Å²) in [5.74, 6) is 0. The lowest BCUT2D eigenvalue weighted by atomic mass is 9.98. The number of rotatable bonds is 4. The Morgan fingerprint density at radius 3 is 2.72 bits per heavy atom. The van der Waals surface area contributed by atoms with Crippen molar-refractivity contribution in [2.75, 3.05) is 6.54 Å². The van der Waals surface area contributed by atoms with E-state index in [0.29, 0.717) is 0 Å². The average molecular weight is 264 g/mol. The molecule has 2 rings (SSSR count). The summed E-state index contributed by atoms with van der Waals surface area (Å²) < 4.78 is 1.90. The van der Waals surface area contributed by atoms with Crippen LogP contribution in [0.4, 0.5) is 0 Å². The standard InChI is InChI=1S/C14H18ClN3/c1-4-16-14(13-7-8-17-18(13)3)12-6-5-11(15)9-10(12)2/h5-9,14,16H,4H2,1-3H3. The summed E-state index contributed by atoms with van der Waals surface area (Å²) >= 11 is 6.02. The van der Waals surface area contributed by atoms with E-state index in [4.69, 9.17) is 11.6 Å². The molecule has 0 aliphatic rings. The predicted molar refractivity (Wildman–Crippen MR) is 74.9 cm³/mol. The molecule has 1 atom stereocenters. The average Bonchev–Trinajstić information content (AvgIpc) is 2.73. The van der Waals surface area contributed by atoms with Crippen molar-refractivity contribution < 1.29 is 0 Å². The Hall–Kier alpha value is -1.32. The van der Waals surface area contributed by atoms with E-state index in [-0.39, 0.29) is 6.04 Å². The van der Waals surface area contributed by atoms with Gasteiger partial charge >= 0.3 is 0 Å². The number of benzene rings is 1. The highest BCUT2D eigenvalue weighted by Gasteiger charge is 2.18. The smallest absolute Gasteiger partial charge is 0.0750 e. The Bertz CT molecular complexity index is 534. The number of halogens is 1. The van der Waals surface area contributed by atoms with Crippen molar-refractivity contribution in [1.82, 2.24) is 15.1 Å². The molecule has 0 saturated carbocycles. The number of nitrogens with one attached hydrogen (secondary N) is 1. The summed E-state index contributed by atoms with van der Waals surface area (Å²) in [6.45, 7) is 5.09. The van der Waals surface area contributed by atoms with Crippen LogP contribution >= 0.6 is 11.6 Å². The van der Waals surface area contributed by atoms with Gasteiger partial charge in [0.1, 0.15) is 0 Å². The third kappa shape index (κ3) is 2.57. The van der Waals surface area contributed by atoms with E-state index in [1.54, 1.807) is 0 Å². The molecule has 1 aromatic heterocycles. The first-order valence-electron chi connectivity index (χ1n) is 6.10. The van der Waals surface area contributed by atoms with Crippen LogP contribution in [-0.2, 0) is 7.05 Å². The van der Waals surface area contributed by atoms with Crippen LogP contribution in [0.2, 0.25) is 5.02 Å². The quantitative estimate of drug-likeness (QED) is 0.919. The lowest BCUT2D eigenvalue weighted by molar-refractivity contribution is 0.570. The summed E-state index contributed by atoms with van der Waals surface area (Å²) in [7, 11) is 1.96. The number of nitrogens with zero attached hydrogens (tertiary/aromatic N) is 2. The highest BCUT2D eigenvalue weighted by Crippen LogP contribution is 2.26. The fourth-order valence-corrected chi connectivity index (χ4v) is 2.43. The first-order chi connectivity index (χ1) is 8.63. The van der Waals surface area contributed by atoms with Crippen molar-refractivity contribution >= 4 is 11.6 Å². The Morgan fingerprint density at radius 2 is 2.17 bits per heavy atom. The van der Waals surface area contributed by atoms with E-state index >= 15 is 0 Å². The molecule has 1 unspecified atom stereocenters. The maximum Gasteiger partial charge on any atom is 0.0750 e. The van der Waals surface area contributed by atoms with E-state index in [2.05, 4.69) is 30.3 Å². The monoisotopic (exact) mass is 263 g/mol. The third-order valence-corrected chi connectivity index (χ3v) is 3.34. The van der Waals surface area contributed by atoms with Crippen molar-refractivity contribution in [2.24, 2.45) is 7.05 Å². The number of hydrogen-bond donors (Lipinski definition) is 1. The molecule has 0 amide bonds. The van der Waals surface area contributed by atoms with Gasteiger partial charge in [-0.05, 0) is 42.8 Å². The SMILES string of the molecule is CCNC(c1ccc(Cl)cc1C)c1ccnn1C. The van der Waals surface area contributed by atoms with E-state index in [9.17, 15) is 0 Å². The lowest BCUT2D eigenvalue weighted by Gasteiger charge is -2.20. The van der Waals surface area contributed by atoms with Crippen molar-refractivity contribution in [3.63, 3.8) is 0 Å². The summed E-state index contributed by atoms with van der Waals surface area (Å²) in [5, 5.41) is 8.52. The molecule has 0 saturated heterocycles. The Balaban J connectivity index is 2.45. The summed E-state index contributed by atoms with van der Waals surface area (Å²) in [5.41, 5.74) is 3.58. The molecule has 1 heterocycles. The molecular formula is C14H18ClN3. The maximum absolute atomic E-state index is 6.02. The van der Waals surface area contributed by atoms with E-state index in [1.807, 2.05) is 36.1 Å². The molecular weight excluding hydrogens is 246 g/mol. The molecule has 96 valence electrons. The molecule has 18 heavy (non-hydrogen) atoms. The summed E-state index contributed by atoms with van der Waals surface area (Å²) in [4.78, 5) is 0. The van der Waals surface area contributed by atoms with Gasteiger partial charge in [-0.2, -0.15) is 5.10 Å². The van der Waals surface area contributed by atoms with E-state index in [1.165, 1.54) is 11.1 Å². The van der Waals surface area contributed by atoms with Gasteiger partial charge in [-0.25, -0.2) is 0 Å². The molecule has 4 heteroatoms. The van der Waals surface area contributed by atoms with Gasteiger partial charge in [-0.3, -0.25) is 4.68 Å². The summed E-state index contributed by atoms with van der Waals surface area (Å²) in [6.07, 6.45) is 1.82. The molecule has 0 fully saturated rings. The van der Waals surface area contributed by atoms with Gasteiger partial charge in [0.15, 0.2) is 0 Å². The molecule has 1 aromatic carbocycles. The minimum Gasteiger partial charge on any atom is -0.305 e. The first kappa shape index (κ1) is 13.1. The molecule has 0 radical (unpaired) electrons. The van der Waals surface area contributed by atoms with Crippen LogP contribution in [0.3, 0.4) is 0 Å². The maximum atomic E-state index is 6.02. The fraction of sp³-hybridized carbons (Fsp3) is 0.357. The second-order valence-electron chi connectivity index (χ2n) is 4.37. The van der Waals surface area contributed by atoms with Gasteiger partial charge in [-0.15, -0.1) is 0 Å². The van der Waals surface area contributed by atoms with Gasteiger partial charge in [-0.1, -0.05) is 24.6 Å². The molecule has 0 aliphatic carbocycles. The topological polar surface area (TPSA) is 29.9 Å². The van der Waals surface area contributed by atoms with Crippen LogP contribution < -0.4 is 5.32 Å². The molecule has 3 nitrogen and oxygen atoms in total. The molecule has 2 aromatic rings. The van der Waals surface area contributed by atoms with Crippen LogP contribution in [0.15, 0.2) is 30.5 Å². The minimum atomic E-state index is 0.153.